The molecule has 148 valence electrons. The lowest BCUT2D eigenvalue weighted by Gasteiger charge is -2.28. The summed E-state index contributed by atoms with van der Waals surface area (Å²) in [6.45, 7) is 3.86. The van der Waals surface area contributed by atoms with Crippen molar-refractivity contribution in [3.8, 4) is 6.07 Å². The van der Waals surface area contributed by atoms with Gasteiger partial charge in [0.15, 0.2) is 5.76 Å². The summed E-state index contributed by atoms with van der Waals surface area (Å²) in [4.78, 5) is 24.0. The zero-order chi connectivity index (χ0) is 20.7. The van der Waals surface area contributed by atoms with Gasteiger partial charge in [-0.2, -0.15) is 5.26 Å². The molecule has 1 aliphatic heterocycles. The molecule has 2 N–H and O–H groups in total. The highest BCUT2D eigenvalue weighted by molar-refractivity contribution is 5.89. The van der Waals surface area contributed by atoms with Crippen LogP contribution < -0.4 is 5.73 Å². The summed E-state index contributed by atoms with van der Waals surface area (Å²) < 4.78 is 20.9. The third-order valence-electron chi connectivity index (χ3n) is 4.01. The Hall–Kier alpha value is -3.47. The Bertz CT molecular complexity index is 866. The number of benzene rings is 1. The van der Waals surface area contributed by atoms with Crippen molar-refractivity contribution in [2.24, 2.45) is 5.73 Å². The summed E-state index contributed by atoms with van der Waals surface area (Å²) in [5.74, 6) is -1.46. The van der Waals surface area contributed by atoms with E-state index in [1.165, 1.54) is 7.11 Å². The molecule has 0 aromatic heterocycles. The standard InChI is InChI=1S/C20H22N2O6/c1-4-26-16(23)10-15-18(25-3)17(14(11-21)19(22)28-15)12-7-6-8-13(9-12)20(24)27-5-2/h6-9,17H,4-5,10,22H2,1-3H3. The average molecular weight is 386 g/mol. The van der Waals surface area contributed by atoms with Crippen molar-refractivity contribution >= 4 is 11.9 Å². The van der Waals surface area contributed by atoms with Gasteiger partial charge in [0.25, 0.3) is 0 Å². The average Bonchev–Trinajstić information content (AvgIpc) is 2.68. The Morgan fingerprint density at radius 2 is 1.96 bits per heavy atom. The molecule has 28 heavy (non-hydrogen) atoms. The largest absolute Gasteiger partial charge is 0.497 e. The summed E-state index contributed by atoms with van der Waals surface area (Å²) in [5.41, 5.74) is 6.94. The van der Waals surface area contributed by atoms with Gasteiger partial charge in [-0.3, -0.25) is 4.79 Å². The monoisotopic (exact) mass is 386 g/mol. The third kappa shape index (κ3) is 4.43. The molecule has 0 aliphatic carbocycles. The molecule has 8 heteroatoms. The SMILES string of the molecule is CCOC(=O)CC1=C(OC)C(c2cccc(C(=O)OCC)c2)C(C#N)=C(N)O1. The van der Waals surface area contributed by atoms with E-state index in [4.69, 9.17) is 24.7 Å². The molecule has 0 bridgehead atoms. The highest BCUT2D eigenvalue weighted by Crippen LogP contribution is 2.40. The number of carbonyl (C=O) groups excluding carboxylic acids is 2. The zero-order valence-corrected chi connectivity index (χ0v) is 16.0. The first-order valence-corrected chi connectivity index (χ1v) is 8.74. The maximum absolute atomic E-state index is 12.1. The van der Waals surface area contributed by atoms with Crippen LogP contribution in [0.2, 0.25) is 0 Å². The number of allylic oxidation sites excluding steroid dienone is 1. The molecule has 0 fully saturated rings. The first-order chi connectivity index (χ1) is 13.5. The summed E-state index contributed by atoms with van der Waals surface area (Å²) in [6, 6.07) is 8.62. The van der Waals surface area contributed by atoms with E-state index in [0.717, 1.165) is 0 Å². The smallest absolute Gasteiger partial charge is 0.338 e. The summed E-state index contributed by atoms with van der Waals surface area (Å²) >= 11 is 0. The fourth-order valence-electron chi connectivity index (χ4n) is 2.87. The van der Waals surface area contributed by atoms with Crippen molar-refractivity contribution in [1.82, 2.24) is 0 Å². The number of nitrogens with zero attached hydrogens (tertiary/aromatic N) is 1. The molecule has 2 rings (SSSR count). The van der Waals surface area contributed by atoms with Crippen LogP contribution in [-0.2, 0) is 23.7 Å². The van der Waals surface area contributed by atoms with E-state index in [-0.39, 0.29) is 42.6 Å². The minimum atomic E-state index is -0.734. The van der Waals surface area contributed by atoms with Gasteiger partial charge in [0, 0.05) is 0 Å². The fraction of sp³-hybridized carbons (Fsp3) is 0.350. The van der Waals surface area contributed by atoms with E-state index in [1.807, 2.05) is 6.07 Å². The van der Waals surface area contributed by atoms with E-state index >= 15 is 0 Å². The lowest BCUT2D eigenvalue weighted by molar-refractivity contribution is -0.143. The molecule has 0 spiro atoms. The first kappa shape index (κ1) is 20.8. The number of hydrogen-bond acceptors (Lipinski definition) is 8. The molecule has 0 saturated heterocycles. The fourth-order valence-corrected chi connectivity index (χ4v) is 2.87. The molecule has 1 atom stereocenters. The number of methoxy groups -OCH3 is 1. The van der Waals surface area contributed by atoms with Crippen molar-refractivity contribution in [2.45, 2.75) is 26.2 Å². The lowest BCUT2D eigenvalue weighted by Crippen LogP contribution is -2.23. The number of esters is 2. The highest BCUT2D eigenvalue weighted by atomic mass is 16.5. The van der Waals surface area contributed by atoms with Crippen molar-refractivity contribution in [3.63, 3.8) is 0 Å². The van der Waals surface area contributed by atoms with Gasteiger partial charge in [0.05, 0.1) is 31.8 Å². The number of nitriles is 1. The topological polar surface area (TPSA) is 121 Å². The van der Waals surface area contributed by atoms with Crippen LogP contribution in [0.15, 0.2) is 47.2 Å². The van der Waals surface area contributed by atoms with Crippen LogP contribution in [0.25, 0.3) is 0 Å². The van der Waals surface area contributed by atoms with Crippen LogP contribution in [0, 0.1) is 11.3 Å². The van der Waals surface area contributed by atoms with Crippen molar-refractivity contribution in [1.29, 1.82) is 5.26 Å². The Labute approximate surface area is 163 Å². The molecule has 0 radical (unpaired) electrons. The van der Waals surface area contributed by atoms with Gasteiger partial charge < -0.3 is 24.7 Å². The van der Waals surface area contributed by atoms with Gasteiger partial charge in [-0.15, -0.1) is 0 Å². The predicted molar refractivity (Wildman–Crippen MR) is 98.3 cm³/mol. The summed E-state index contributed by atoms with van der Waals surface area (Å²) in [5, 5.41) is 9.59. The second kappa shape index (κ2) is 9.46. The van der Waals surface area contributed by atoms with Crippen LogP contribution in [0.5, 0.6) is 0 Å². The summed E-state index contributed by atoms with van der Waals surface area (Å²) in [6.07, 6.45) is -0.204. The maximum atomic E-state index is 12.1. The van der Waals surface area contributed by atoms with Gasteiger partial charge in [-0.05, 0) is 31.5 Å². The van der Waals surface area contributed by atoms with Gasteiger partial charge in [0.1, 0.15) is 23.8 Å². The van der Waals surface area contributed by atoms with Crippen LogP contribution in [-0.4, -0.2) is 32.3 Å². The predicted octanol–water partition coefficient (Wildman–Crippen LogP) is 2.48. The number of hydrogen-bond donors (Lipinski definition) is 1. The van der Waals surface area contributed by atoms with Crippen LogP contribution in [0.3, 0.4) is 0 Å². The van der Waals surface area contributed by atoms with Crippen LogP contribution >= 0.6 is 0 Å². The van der Waals surface area contributed by atoms with Gasteiger partial charge in [0.2, 0.25) is 5.88 Å². The molecule has 1 aliphatic rings. The van der Waals surface area contributed by atoms with Crippen molar-refractivity contribution in [2.75, 3.05) is 20.3 Å². The molecule has 1 heterocycles. The second-order valence-electron chi connectivity index (χ2n) is 5.74. The molecule has 0 amide bonds. The lowest BCUT2D eigenvalue weighted by atomic mass is 9.87. The second-order valence-corrected chi connectivity index (χ2v) is 5.74. The molecule has 1 aromatic rings. The number of ether oxygens (including phenoxy) is 4. The molecule has 0 saturated carbocycles. The molecular formula is C20H22N2O6. The Morgan fingerprint density at radius 3 is 2.57 bits per heavy atom. The Morgan fingerprint density at radius 1 is 1.25 bits per heavy atom. The third-order valence-corrected chi connectivity index (χ3v) is 4.01. The minimum absolute atomic E-state index is 0.116. The molecule has 1 aromatic carbocycles. The van der Waals surface area contributed by atoms with E-state index < -0.39 is 17.9 Å². The van der Waals surface area contributed by atoms with E-state index in [0.29, 0.717) is 11.1 Å². The number of rotatable bonds is 7. The molecule has 1 unspecified atom stereocenters. The van der Waals surface area contributed by atoms with Gasteiger partial charge in [-0.1, -0.05) is 12.1 Å². The minimum Gasteiger partial charge on any atom is -0.497 e. The Balaban J connectivity index is 2.53. The van der Waals surface area contributed by atoms with E-state index in [2.05, 4.69) is 0 Å². The number of nitrogens with two attached hydrogens (primary N) is 1. The van der Waals surface area contributed by atoms with E-state index in [1.54, 1.807) is 38.1 Å². The quantitative estimate of drug-likeness (QED) is 0.710. The van der Waals surface area contributed by atoms with Crippen LogP contribution in [0.4, 0.5) is 0 Å². The van der Waals surface area contributed by atoms with E-state index in [9.17, 15) is 14.9 Å². The highest BCUT2D eigenvalue weighted by Gasteiger charge is 2.35. The zero-order valence-electron chi connectivity index (χ0n) is 16.0. The summed E-state index contributed by atoms with van der Waals surface area (Å²) in [7, 11) is 1.41. The van der Waals surface area contributed by atoms with Gasteiger partial charge >= 0.3 is 11.9 Å². The number of carbonyl (C=O) groups is 2. The van der Waals surface area contributed by atoms with Crippen LogP contribution in [0.1, 0.15) is 42.1 Å². The first-order valence-electron chi connectivity index (χ1n) is 8.74. The molecular weight excluding hydrogens is 364 g/mol. The molecule has 8 nitrogen and oxygen atoms in total. The maximum Gasteiger partial charge on any atom is 0.338 e. The van der Waals surface area contributed by atoms with Gasteiger partial charge in [-0.25, -0.2) is 4.79 Å². The Kier molecular flexibility index (Phi) is 7.04. The van der Waals surface area contributed by atoms with Crippen molar-refractivity contribution in [3.05, 3.63) is 58.4 Å². The normalized spacial score (nSPS) is 16.1. The van der Waals surface area contributed by atoms with Crippen molar-refractivity contribution < 1.29 is 28.5 Å².